The molecule has 1 rings (SSSR count). The van der Waals surface area contributed by atoms with Crippen molar-refractivity contribution in [1.82, 2.24) is 4.98 Å². The molecule has 0 aliphatic carbocycles. The molecular formula is C11H15IN2O2. The van der Waals surface area contributed by atoms with Crippen molar-refractivity contribution in [2.75, 3.05) is 12.4 Å². The largest absolute Gasteiger partial charge is 0.481 e. The average Bonchev–Trinajstić information content (AvgIpc) is 2.19. The topological polar surface area (TPSA) is 51.2 Å². The van der Waals surface area contributed by atoms with Crippen LogP contribution in [0.25, 0.3) is 0 Å². The summed E-state index contributed by atoms with van der Waals surface area (Å²) in [6.45, 7) is 5.60. The lowest BCUT2D eigenvalue weighted by atomic mass is 9.96. The number of anilines is 1. The van der Waals surface area contributed by atoms with Crippen LogP contribution in [0.1, 0.15) is 20.8 Å². The summed E-state index contributed by atoms with van der Waals surface area (Å²) in [5.74, 6) is 0.510. The van der Waals surface area contributed by atoms with Crippen LogP contribution >= 0.6 is 22.6 Å². The van der Waals surface area contributed by atoms with E-state index in [-0.39, 0.29) is 5.91 Å². The molecule has 0 radical (unpaired) electrons. The van der Waals surface area contributed by atoms with Gasteiger partial charge < -0.3 is 10.1 Å². The predicted molar refractivity (Wildman–Crippen MR) is 71.6 cm³/mol. The number of nitrogens with one attached hydrogen (secondary N) is 1. The number of nitrogens with zero attached hydrogens (tertiary/aromatic N) is 1. The number of amides is 1. The number of ether oxygens (including phenoxy) is 1. The highest BCUT2D eigenvalue weighted by Gasteiger charge is 2.22. The minimum atomic E-state index is -0.414. The Morgan fingerprint density at radius 2 is 2.12 bits per heavy atom. The van der Waals surface area contributed by atoms with Crippen molar-refractivity contribution in [1.29, 1.82) is 0 Å². The molecular weight excluding hydrogens is 319 g/mol. The van der Waals surface area contributed by atoms with Crippen LogP contribution in [-0.2, 0) is 4.79 Å². The molecule has 5 heteroatoms. The average molecular weight is 334 g/mol. The van der Waals surface area contributed by atoms with Crippen molar-refractivity contribution >= 4 is 34.2 Å². The molecule has 1 heterocycles. The first kappa shape index (κ1) is 13.2. The zero-order valence-electron chi connectivity index (χ0n) is 9.80. The summed E-state index contributed by atoms with van der Waals surface area (Å²) in [5, 5.41) is 2.84. The zero-order chi connectivity index (χ0) is 12.3. The molecule has 16 heavy (non-hydrogen) atoms. The van der Waals surface area contributed by atoms with E-state index in [0.29, 0.717) is 11.6 Å². The van der Waals surface area contributed by atoms with Gasteiger partial charge in [0.05, 0.1) is 19.0 Å². The van der Waals surface area contributed by atoms with Gasteiger partial charge in [0, 0.05) is 15.1 Å². The number of methoxy groups -OCH3 is 1. The molecule has 0 aliphatic heterocycles. The number of hydrogen-bond acceptors (Lipinski definition) is 3. The van der Waals surface area contributed by atoms with E-state index in [1.54, 1.807) is 19.4 Å². The lowest BCUT2D eigenvalue weighted by molar-refractivity contribution is -0.123. The Morgan fingerprint density at radius 1 is 1.50 bits per heavy atom. The summed E-state index contributed by atoms with van der Waals surface area (Å²) in [5.41, 5.74) is 0.296. The Morgan fingerprint density at radius 3 is 2.56 bits per heavy atom. The maximum Gasteiger partial charge on any atom is 0.229 e. The molecule has 0 fully saturated rings. The van der Waals surface area contributed by atoms with Gasteiger partial charge in [0.15, 0.2) is 0 Å². The van der Waals surface area contributed by atoms with E-state index in [1.807, 2.05) is 20.8 Å². The molecule has 0 atom stereocenters. The molecule has 0 saturated heterocycles. The van der Waals surface area contributed by atoms with Crippen LogP contribution < -0.4 is 10.1 Å². The van der Waals surface area contributed by atoms with Crippen LogP contribution in [-0.4, -0.2) is 18.0 Å². The monoisotopic (exact) mass is 334 g/mol. The molecule has 0 aliphatic rings. The maximum atomic E-state index is 11.8. The van der Waals surface area contributed by atoms with Crippen LogP contribution in [0.5, 0.6) is 5.88 Å². The van der Waals surface area contributed by atoms with Gasteiger partial charge in [-0.1, -0.05) is 20.8 Å². The third kappa shape index (κ3) is 3.33. The fourth-order valence-corrected chi connectivity index (χ4v) is 1.47. The van der Waals surface area contributed by atoms with Crippen molar-refractivity contribution in [3.8, 4) is 5.88 Å². The van der Waals surface area contributed by atoms with Gasteiger partial charge in [0.1, 0.15) is 0 Å². The first-order valence-electron chi connectivity index (χ1n) is 4.85. The van der Waals surface area contributed by atoms with Crippen LogP contribution in [0.15, 0.2) is 12.3 Å². The van der Waals surface area contributed by atoms with Gasteiger partial charge in [-0.05, 0) is 22.6 Å². The molecule has 1 aromatic heterocycles. The Bertz CT molecular complexity index is 399. The van der Waals surface area contributed by atoms with Crippen molar-refractivity contribution in [2.24, 2.45) is 5.41 Å². The summed E-state index contributed by atoms with van der Waals surface area (Å²) < 4.78 is 5.90. The number of rotatable bonds is 2. The third-order valence-electron chi connectivity index (χ3n) is 1.97. The SMILES string of the molecule is COc1cc(I)c(NC(=O)C(C)(C)C)cn1. The smallest absolute Gasteiger partial charge is 0.229 e. The lowest BCUT2D eigenvalue weighted by Crippen LogP contribution is -2.28. The van der Waals surface area contributed by atoms with E-state index in [1.165, 1.54) is 0 Å². The van der Waals surface area contributed by atoms with Crippen molar-refractivity contribution in [3.63, 3.8) is 0 Å². The Labute approximate surface area is 109 Å². The minimum Gasteiger partial charge on any atom is -0.481 e. The van der Waals surface area contributed by atoms with Crippen LogP contribution in [0.3, 0.4) is 0 Å². The molecule has 4 nitrogen and oxygen atoms in total. The fraction of sp³-hybridized carbons (Fsp3) is 0.455. The summed E-state index contributed by atoms with van der Waals surface area (Å²) in [7, 11) is 1.56. The molecule has 0 unspecified atom stereocenters. The first-order valence-corrected chi connectivity index (χ1v) is 5.93. The van der Waals surface area contributed by atoms with Crippen molar-refractivity contribution in [2.45, 2.75) is 20.8 Å². The summed E-state index contributed by atoms with van der Waals surface area (Å²) in [4.78, 5) is 15.8. The summed E-state index contributed by atoms with van der Waals surface area (Å²) in [6.07, 6.45) is 1.60. The predicted octanol–water partition coefficient (Wildman–Crippen LogP) is 2.68. The molecule has 1 amide bonds. The van der Waals surface area contributed by atoms with E-state index in [2.05, 4.69) is 32.9 Å². The third-order valence-corrected chi connectivity index (χ3v) is 2.86. The van der Waals surface area contributed by atoms with Crippen LogP contribution in [0.4, 0.5) is 5.69 Å². The van der Waals surface area contributed by atoms with E-state index >= 15 is 0 Å². The minimum absolute atomic E-state index is 0.0302. The summed E-state index contributed by atoms with van der Waals surface area (Å²) in [6, 6.07) is 1.78. The maximum absolute atomic E-state index is 11.8. The number of halogens is 1. The van der Waals surface area contributed by atoms with Gasteiger partial charge in [-0.2, -0.15) is 0 Å². The Balaban J connectivity index is 2.87. The van der Waals surface area contributed by atoms with E-state index in [4.69, 9.17) is 4.74 Å². The number of carbonyl (C=O) groups excluding carboxylic acids is 1. The second kappa shape index (κ2) is 4.99. The molecule has 88 valence electrons. The van der Waals surface area contributed by atoms with Crippen LogP contribution in [0, 0.1) is 8.99 Å². The standard InChI is InChI=1S/C11H15IN2O2/c1-11(2,3)10(15)14-8-6-13-9(16-4)5-7(8)12/h5-6H,1-4H3,(H,14,15). The van der Waals surface area contributed by atoms with Gasteiger partial charge >= 0.3 is 0 Å². The molecule has 0 saturated carbocycles. The van der Waals surface area contributed by atoms with Gasteiger partial charge in [0.25, 0.3) is 0 Å². The van der Waals surface area contributed by atoms with Crippen molar-refractivity contribution < 1.29 is 9.53 Å². The van der Waals surface area contributed by atoms with E-state index in [9.17, 15) is 4.79 Å². The first-order chi connectivity index (χ1) is 7.34. The number of carbonyl (C=O) groups is 1. The van der Waals surface area contributed by atoms with Crippen LogP contribution in [0.2, 0.25) is 0 Å². The molecule has 0 spiro atoms. The highest BCUT2D eigenvalue weighted by atomic mass is 127. The van der Waals surface area contributed by atoms with Gasteiger partial charge in [-0.25, -0.2) is 4.98 Å². The van der Waals surface area contributed by atoms with E-state index in [0.717, 1.165) is 3.57 Å². The van der Waals surface area contributed by atoms with Gasteiger partial charge in [0.2, 0.25) is 11.8 Å². The fourth-order valence-electron chi connectivity index (χ4n) is 0.927. The highest BCUT2D eigenvalue weighted by Crippen LogP contribution is 2.23. The quantitative estimate of drug-likeness (QED) is 0.846. The molecule has 1 N–H and O–H groups in total. The van der Waals surface area contributed by atoms with E-state index < -0.39 is 5.41 Å². The lowest BCUT2D eigenvalue weighted by Gasteiger charge is -2.18. The second-order valence-electron chi connectivity index (χ2n) is 4.41. The number of aromatic nitrogens is 1. The highest BCUT2D eigenvalue weighted by molar-refractivity contribution is 14.1. The van der Waals surface area contributed by atoms with Crippen molar-refractivity contribution in [3.05, 3.63) is 15.8 Å². The molecule has 1 aromatic rings. The molecule has 0 aromatic carbocycles. The summed E-state index contributed by atoms with van der Waals surface area (Å²) >= 11 is 2.14. The Hall–Kier alpha value is -0.850. The number of hydrogen-bond donors (Lipinski definition) is 1. The second-order valence-corrected chi connectivity index (χ2v) is 5.57. The number of pyridine rings is 1. The van der Waals surface area contributed by atoms with Gasteiger partial charge in [-0.3, -0.25) is 4.79 Å². The normalized spacial score (nSPS) is 11.1. The molecule has 0 bridgehead atoms. The zero-order valence-corrected chi connectivity index (χ0v) is 12.0. The van der Waals surface area contributed by atoms with Gasteiger partial charge in [-0.15, -0.1) is 0 Å². The Kier molecular flexibility index (Phi) is 4.12.